The Morgan fingerprint density at radius 1 is 0.260 bits per heavy atom. The molecule has 0 N–H and O–H groups in total. The summed E-state index contributed by atoms with van der Waals surface area (Å²) in [5.41, 5.74) is 12.8. The molecule has 3 heterocycles. The van der Waals surface area contributed by atoms with Crippen molar-refractivity contribution in [1.29, 1.82) is 0 Å². The molecular weight excluding hydrogens is 607 g/mol. The molecule has 3 heteroatoms. The first-order chi connectivity index (χ1) is 24.8. The van der Waals surface area contributed by atoms with Gasteiger partial charge in [0.15, 0.2) is 0 Å². The van der Waals surface area contributed by atoms with Crippen molar-refractivity contribution in [3.8, 4) is 67.3 Å². The molecule has 3 nitrogen and oxygen atoms in total. The van der Waals surface area contributed by atoms with Crippen LogP contribution in [0.25, 0.3) is 88.8 Å². The van der Waals surface area contributed by atoms with E-state index in [1.54, 1.807) is 12.4 Å². The van der Waals surface area contributed by atoms with E-state index >= 15 is 0 Å². The second kappa shape index (κ2) is 12.7. The van der Waals surface area contributed by atoms with Gasteiger partial charge < -0.3 is 0 Å². The van der Waals surface area contributed by atoms with Crippen LogP contribution in [0.1, 0.15) is 0 Å². The molecule has 0 aliphatic rings. The average molecular weight is 638 g/mol. The predicted octanol–water partition coefficient (Wildman–Crippen LogP) is 12.2. The van der Waals surface area contributed by atoms with Crippen molar-refractivity contribution in [1.82, 2.24) is 15.0 Å². The molecule has 0 fully saturated rings. The Morgan fingerprint density at radius 2 is 0.700 bits per heavy atom. The van der Waals surface area contributed by atoms with Crippen LogP contribution in [-0.4, -0.2) is 15.0 Å². The van der Waals surface area contributed by atoms with Gasteiger partial charge in [-0.05, 0) is 109 Å². The van der Waals surface area contributed by atoms with Crippen LogP contribution in [0.2, 0.25) is 0 Å². The van der Waals surface area contributed by atoms with Crippen molar-refractivity contribution in [2.75, 3.05) is 0 Å². The lowest BCUT2D eigenvalue weighted by Crippen LogP contribution is -1.94. The zero-order valence-electron chi connectivity index (χ0n) is 27.2. The van der Waals surface area contributed by atoms with E-state index < -0.39 is 0 Å². The molecule has 0 amide bonds. The average Bonchev–Trinajstić information content (AvgIpc) is 3.21. The Kier molecular flexibility index (Phi) is 7.49. The lowest BCUT2D eigenvalue weighted by molar-refractivity contribution is 1.22. The van der Waals surface area contributed by atoms with Crippen LogP contribution < -0.4 is 0 Å². The Balaban J connectivity index is 1.19. The molecule has 0 aliphatic carbocycles. The minimum absolute atomic E-state index is 0.817. The van der Waals surface area contributed by atoms with Gasteiger partial charge in [0.2, 0.25) is 0 Å². The number of benzene rings is 6. The summed E-state index contributed by atoms with van der Waals surface area (Å²) in [5, 5.41) is 5.00. The van der Waals surface area contributed by atoms with E-state index in [0.29, 0.717) is 0 Å². The van der Waals surface area contributed by atoms with E-state index in [0.717, 1.165) is 39.5 Å². The zero-order chi connectivity index (χ0) is 33.3. The Hall–Kier alpha value is -6.71. The lowest BCUT2D eigenvalue weighted by atomic mass is 9.85. The third-order valence-electron chi connectivity index (χ3n) is 9.38. The second-order valence-corrected chi connectivity index (χ2v) is 12.4. The summed E-state index contributed by atoms with van der Waals surface area (Å²) in [6, 6.07) is 62.2. The quantitative estimate of drug-likeness (QED) is 0.170. The molecule has 0 atom stereocenters. The Morgan fingerprint density at radius 3 is 1.22 bits per heavy atom. The van der Waals surface area contributed by atoms with Crippen LogP contribution in [0.3, 0.4) is 0 Å². The number of nitrogens with zero attached hydrogens (tertiary/aromatic N) is 3. The van der Waals surface area contributed by atoms with E-state index in [9.17, 15) is 0 Å². The molecule has 0 unspecified atom stereocenters. The summed E-state index contributed by atoms with van der Waals surface area (Å²) < 4.78 is 0. The summed E-state index contributed by atoms with van der Waals surface area (Å²) in [7, 11) is 0. The molecule has 0 spiro atoms. The summed E-state index contributed by atoms with van der Waals surface area (Å²) in [4.78, 5) is 14.1. The summed E-state index contributed by atoms with van der Waals surface area (Å²) in [5.74, 6) is 0. The molecule has 0 saturated heterocycles. The van der Waals surface area contributed by atoms with Gasteiger partial charge in [0.05, 0.1) is 22.8 Å². The summed E-state index contributed by atoms with van der Waals surface area (Å²) >= 11 is 0. The lowest BCUT2D eigenvalue weighted by Gasteiger charge is -2.18. The van der Waals surface area contributed by atoms with E-state index in [1.807, 2.05) is 36.4 Å². The molecule has 0 saturated carbocycles. The highest BCUT2D eigenvalue weighted by molar-refractivity contribution is 6.21. The maximum absolute atomic E-state index is 4.95. The third-order valence-corrected chi connectivity index (χ3v) is 9.38. The normalized spacial score (nSPS) is 11.2. The first-order valence-corrected chi connectivity index (χ1v) is 16.9. The van der Waals surface area contributed by atoms with Crippen LogP contribution in [-0.2, 0) is 0 Å². The standard InChI is InChI=1S/C47H31N3/c1-3-13-34(14-4-1)46-38-17-7-8-18-39(38)47(35-15-5-2-6-16-35)41-29-36(25-26-40(41)46)32-21-23-33(24-22-32)37-30-44(42-19-9-11-27-48-42)50-45(31-37)43-20-10-12-28-49-43/h1-31H. The van der Waals surface area contributed by atoms with Gasteiger partial charge in [-0.2, -0.15) is 0 Å². The van der Waals surface area contributed by atoms with Gasteiger partial charge in [-0.3, -0.25) is 9.97 Å². The van der Waals surface area contributed by atoms with Crippen molar-refractivity contribution < 1.29 is 0 Å². The second-order valence-electron chi connectivity index (χ2n) is 12.4. The summed E-state index contributed by atoms with van der Waals surface area (Å²) in [6.45, 7) is 0. The van der Waals surface area contributed by atoms with Gasteiger partial charge in [-0.25, -0.2) is 4.98 Å². The Bertz CT molecular complexity index is 2540. The minimum atomic E-state index is 0.817. The molecule has 50 heavy (non-hydrogen) atoms. The fourth-order valence-corrected chi connectivity index (χ4v) is 7.03. The van der Waals surface area contributed by atoms with E-state index in [2.05, 4.69) is 149 Å². The minimum Gasteiger partial charge on any atom is -0.255 e. The highest BCUT2D eigenvalue weighted by atomic mass is 14.8. The number of fused-ring (bicyclic) bond motifs is 2. The molecule has 3 aromatic heterocycles. The predicted molar refractivity (Wildman–Crippen MR) is 207 cm³/mol. The van der Waals surface area contributed by atoms with E-state index in [1.165, 1.54) is 49.4 Å². The van der Waals surface area contributed by atoms with Gasteiger partial charge in [-0.15, -0.1) is 0 Å². The van der Waals surface area contributed by atoms with Gasteiger partial charge in [0.1, 0.15) is 0 Å². The number of hydrogen-bond acceptors (Lipinski definition) is 3. The van der Waals surface area contributed by atoms with Crippen LogP contribution in [0, 0.1) is 0 Å². The van der Waals surface area contributed by atoms with Crippen molar-refractivity contribution in [3.05, 3.63) is 188 Å². The fraction of sp³-hybridized carbons (Fsp3) is 0. The topological polar surface area (TPSA) is 38.7 Å². The number of aromatic nitrogens is 3. The van der Waals surface area contributed by atoms with E-state index in [4.69, 9.17) is 4.98 Å². The van der Waals surface area contributed by atoms with Crippen molar-refractivity contribution in [3.63, 3.8) is 0 Å². The Labute approximate surface area is 291 Å². The maximum Gasteiger partial charge on any atom is 0.0900 e. The van der Waals surface area contributed by atoms with Gasteiger partial charge in [0, 0.05) is 12.4 Å². The van der Waals surface area contributed by atoms with Crippen LogP contribution >= 0.6 is 0 Å². The van der Waals surface area contributed by atoms with Crippen molar-refractivity contribution in [2.24, 2.45) is 0 Å². The maximum atomic E-state index is 4.95. The highest BCUT2D eigenvalue weighted by Gasteiger charge is 2.17. The number of hydrogen-bond donors (Lipinski definition) is 0. The molecule has 9 rings (SSSR count). The first-order valence-electron chi connectivity index (χ1n) is 16.9. The fourth-order valence-electron chi connectivity index (χ4n) is 7.03. The van der Waals surface area contributed by atoms with Crippen LogP contribution in [0.4, 0.5) is 0 Å². The van der Waals surface area contributed by atoms with Gasteiger partial charge in [-0.1, -0.05) is 133 Å². The SMILES string of the molecule is c1ccc(-c2c3ccccc3c(-c3ccccc3)c3cc(-c4ccc(-c5cc(-c6ccccn6)nc(-c6ccccn6)c5)cc4)ccc23)cc1. The van der Waals surface area contributed by atoms with Gasteiger partial charge >= 0.3 is 0 Å². The van der Waals surface area contributed by atoms with E-state index in [-0.39, 0.29) is 0 Å². The molecule has 9 aromatic rings. The smallest absolute Gasteiger partial charge is 0.0900 e. The number of pyridine rings is 3. The molecule has 0 radical (unpaired) electrons. The largest absolute Gasteiger partial charge is 0.255 e. The molecule has 234 valence electrons. The monoisotopic (exact) mass is 637 g/mol. The zero-order valence-corrected chi connectivity index (χ0v) is 27.2. The highest BCUT2D eigenvalue weighted by Crippen LogP contribution is 2.44. The van der Waals surface area contributed by atoms with Gasteiger partial charge in [0.25, 0.3) is 0 Å². The first kappa shape index (κ1) is 29.4. The summed E-state index contributed by atoms with van der Waals surface area (Å²) in [6.07, 6.45) is 3.61. The van der Waals surface area contributed by atoms with Crippen molar-refractivity contribution in [2.45, 2.75) is 0 Å². The van der Waals surface area contributed by atoms with Crippen LogP contribution in [0.5, 0.6) is 0 Å². The molecule has 0 bridgehead atoms. The van der Waals surface area contributed by atoms with Crippen LogP contribution in [0.15, 0.2) is 188 Å². The third kappa shape index (κ3) is 5.41. The molecular formula is C47H31N3. The molecule has 0 aliphatic heterocycles. The number of rotatable bonds is 6. The molecule has 6 aromatic carbocycles. The van der Waals surface area contributed by atoms with Crippen molar-refractivity contribution >= 4 is 21.5 Å².